The van der Waals surface area contributed by atoms with Gasteiger partial charge in [-0.2, -0.15) is 5.10 Å². The number of nitrogen functional groups attached to an aromatic ring is 1. The largest absolute Gasteiger partial charge is 0.394 e. The molecule has 3 N–H and O–H groups in total. The first-order valence-electron chi connectivity index (χ1n) is 5.10. The van der Waals surface area contributed by atoms with E-state index < -0.39 is 0 Å². The first kappa shape index (κ1) is 11.8. The molecule has 0 fully saturated rings. The molecule has 0 radical (unpaired) electrons. The summed E-state index contributed by atoms with van der Waals surface area (Å²) in [5, 5.41) is 7.57. The van der Waals surface area contributed by atoms with Gasteiger partial charge in [0.2, 0.25) is 0 Å². The lowest BCUT2D eigenvalue weighted by Gasteiger charge is -2.15. The van der Waals surface area contributed by atoms with Gasteiger partial charge in [-0.1, -0.05) is 0 Å². The predicted molar refractivity (Wildman–Crippen MR) is 61.9 cm³/mol. The highest BCUT2D eigenvalue weighted by molar-refractivity contribution is 5.64. The number of ether oxygens (including phenoxy) is 1. The summed E-state index contributed by atoms with van der Waals surface area (Å²) in [5.74, 6) is 0.885. The maximum Gasteiger partial charge on any atom is 0.147 e. The van der Waals surface area contributed by atoms with Crippen LogP contribution in [0.1, 0.15) is 19.0 Å². The number of anilines is 2. The average molecular weight is 212 g/mol. The highest BCUT2D eigenvalue weighted by atomic mass is 16.5. The molecule has 1 atom stereocenters. The van der Waals surface area contributed by atoms with Crippen LogP contribution >= 0.6 is 0 Å². The number of methoxy groups -OCH3 is 1. The van der Waals surface area contributed by atoms with E-state index >= 15 is 0 Å². The van der Waals surface area contributed by atoms with Crippen LogP contribution in [0.25, 0.3) is 0 Å². The zero-order valence-electron chi connectivity index (χ0n) is 9.87. The van der Waals surface area contributed by atoms with Crippen LogP contribution in [0.5, 0.6) is 0 Å². The van der Waals surface area contributed by atoms with E-state index in [1.54, 1.807) is 11.8 Å². The Morgan fingerprint density at radius 1 is 1.60 bits per heavy atom. The van der Waals surface area contributed by atoms with Crippen LogP contribution in [-0.2, 0) is 11.8 Å². The smallest absolute Gasteiger partial charge is 0.147 e. The van der Waals surface area contributed by atoms with E-state index in [1.165, 1.54) is 0 Å². The van der Waals surface area contributed by atoms with E-state index in [4.69, 9.17) is 10.5 Å². The number of hydrogen-bond acceptors (Lipinski definition) is 4. The number of nitrogens with one attached hydrogen (secondary N) is 1. The highest BCUT2D eigenvalue weighted by Gasteiger charge is 2.11. The molecule has 0 saturated carbocycles. The molecule has 0 aliphatic heterocycles. The molecule has 1 heterocycles. The Hall–Kier alpha value is -1.23. The molecule has 0 saturated heterocycles. The van der Waals surface area contributed by atoms with E-state index in [0.29, 0.717) is 6.04 Å². The van der Waals surface area contributed by atoms with Crippen molar-refractivity contribution >= 4 is 11.5 Å². The number of aryl methyl sites for hydroxylation is 2. The van der Waals surface area contributed by atoms with Crippen molar-refractivity contribution in [3.05, 3.63) is 5.69 Å². The monoisotopic (exact) mass is 212 g/mol. The molecular weight excluding hydrogens is 192 g/mol. The third-order valence-electron chi connectivity index (χ3n) is 2.41. The minimum absolute atomic E-state index is 0.321. The minimum atomic E-state index is 0.321. The Morgan fingerprint density at radius 3 is 2.73 bits per heavy atom. The summed E-state index contributed by atoms with van der Waals surface area (Å²) in [7, 11) is 3.59. The lowest BCUT2D eigenvalue weighted by molar-refractivity contribution is 0.191. The fourth-order valence-corrected chi connectivity index (χ4v) is 1.45. The van der Waals surface area contributed by atoms with Crippen LogP contribution in [0.3, 0.4) is 0 Å². The van der Waals surface area contributed by atoms with Gasteiger partial charge in [0.1, 0.15) is 5.82 Å². The average Bonchev–Trinajstić information content (AvgIpc) is 2.42. The summed E-state index contributed by atoms with van der Waals surface area (Å²) in [4.78, 5) is 0. The highest BCUT2D eigenvalue weighted by Crippen LogP contribution is 2.21. The normalized spacial score (nSPS) is 12.8. The molecule has 86 valence electrons. The van der Waals surface area contributed by atoms with Gasteiger partial charge in [-0.15, -0.1) is 0 Å². The van der Waals surface area contributed by atoms with Crippen LogP contribution < -0.4 is 11.1 Å². The van der Waals surface area contributed by atoms with Gasteiger partial charge in [0.15, 0.2) is 0 Å². The topological polar surface area (TPSA) is 65.1 Å². The van der Waals surface area contributed by atoms with Crippen molar-refractivity contribution in [1.29, 1.82) is 0 Å². The van der Waals surface area contributed by atoms with E-state index in [0.717, 1.165) is 30.2 Å². The third kappa shape index (κ3) is 2.86. The lowest BCUT2D eigenvalue weighted by Crippen LogP contribution is -2.19. The molecule has 5 nitrogen and oxygen atoms in total. The molecule has 1 aromatic heterocycles. The summed E-state index contributed by atoms with van der Waals surface area (Å²) < 4.78 is 6.79. The molecule has 1 unspecified atom stereocenters. The van der Waals surface area contributed by atoms with Crippen molar-refractivity contribution in [2.24, 2.45) is 7.05 Å². The van der Waals surface area contributed by atoms with E-state index in [2.05, 4.69) is 17.3 Å². The molecule has 5 heteroatoms. The molecular formula is C10H20N4O. The van der Waals surface area contributed by atoms with Crippen LogP contribution in [-0.4, -0.2) is 29.5 Å². The van der Waals surface area contributed by atoms with Crippen molar-refractivity contribution in [3.63, 3.8) is 0 Å². The zero-order chi connectivity index (χ0) is 11.4. The van der Waals surface area contributed by atoms with Crippen LogP contribution in [0, 0.1) is 6.92 Å². The summed E-state index contributed by atoms with van der Waals surface area (Å²) in [6.45, 7) is 4.74. The van der Waals surface area contributed by atoms with Crippen molar-refractivity contribution < 1.29 is 4.74 Å². The van der Waals surface area contributed by atoms with Crippen LogP contribution in [0.2, 0.25) is 0 Å². The molecule has 0 aromatic carbocycles. The minimum Gasteiger partial charge on any atom is -0.394 e. The van der Waals surface area contributed by atoms with Gasteiger partial charge >= 0.3 is 0 Å². The lowest BCUT2D eigenvalue weighted by atomic mass is 10.2. The summed E-state index contributed by atoms with van der Waals surface area (Å²) in [6.07, 6.45) is 0.945. The summed E-state index contributed by atoms with van der Waals surface area (Å²) in [5.41, 5.74) is 7.49. The summed E-state index contributed by atoms with van der Waals surface area (Å²) in [6, 6.07) is 0.321. The first-order chi connectivity index (χ1) is 7.06. The second-order valence-electron chi connectivity index (χ2n) is 3.80. The fraction of sp³-hybridized carbons (Fsp3) is 0.700. The molecule has 0 spiro atoms. The van der Waals surface area contributed by atoms with Crippen molar-refractivity contribution in [2.75, 3.05) is 24.8 Å². The first-order valence-corrected chi connectivity index (χ1v) is 5.10. The second kappa shape index (κ2) is 5.02. The van der Waals surface area contributed by atoms with Gasteiger partial charge in [0.05, 0.1) is 11.4 Å². The fourth-order valence-electron chi connectivity index (χ4n) is 1.45. The van der Waals surface area contributed by atoms with Gasteiger partial charge in [0, 0.05) is 26.8 Å². The van der Waals surface area contributed by atoms with Gasteiger partial charge < -0.3 is 15.8 Å². The Morgan fingerprint density at radius 2 is 2.27 bits per heavy atom. The number of rotatable bonds is 5. The maximum absolute atomic E-state index is 5.90. The van der Waals surface area contributed by atoms with Gasteiger partial charge in [0.25, 0.3) is 0 Å². The van der Waals surface area contributed by atoms with E-state index in [1.807, 2.05) is 14.0 Å². The van der Waals surface area contributed by atoms with Gasteiger partial charge in [-0.3, -0.25) is 4.68 Å². The van der Waals surface area contributed by atoms with E-state index in [9.17, 15) is 0 Å². The Bertz CT molecular complexity index is 321. The molecule has 0 amide bonds. The molecule has 0 aliphatic rings. The van der Waals surface area contributed by atoms with Gasteiger partial charge in [-0.25, -0.2) is 0 Å². The number of nitrogens with zero attached hydrogens (tertiary/aromatic N) is 2. The maximum atomic E-state index is 5.90. The van der Waals surface area contributed by atoms with Crippen LogP contribution in [0.4, 0.5) is 11.5 Å². The number of hydrogen-bond donors (Lipinski definition) is 2. The van der Waals surface area contributed by atoms with E-state index in [-0.39, 0.29) is 0 Å². The van der Waals surface area contributed by atoms with Crippen molar-refractivity contribution in [1.82, 2.24) is 9.78 Å². The SMILES string of the molecule is COCCC(C)Nc1c(N)c(C)nn1C. The van der Waals surface area contributed by atoms with Crippen LogP contribution in [0.15, 0.2) is 0 Å². The number of nitrogens with two attached hydrogens (primary N) is 1. The zero-order valence-corrected chi connectivity index (χ0v) is 9.87. The van der Waals surface area contributed by atoms with Crippen molar-refractivity contribution in [3.8, 4) is 0 Å². The molecule has 15 heavy (non-hydrogen) atoms. The third-order valence-corrected chi connectivity index (χ3v) is 2.41. The Kier molecular flexibility index (Phi) is 3.96. The Labute approximate surface area is 90.6 Å². The predicted octanol–water partition coefficient (Wildman–Crippen LogP) is 1.15. The molecule has 1 rings (SSSR count). The van der Waals surface area contributed by atoms with Crippen molar-refractivity contribution in [2.45, 2.75) is 26.3 Å². The summed E-state index contributed by atoms with van der Waals surface area (Å²) >= 11 is 0. The molecule has 1 aromatic rings. The Balaban J connectivity index is 2.63. The standard InChI is InChI=1S/C10H20N4O/c1-7(5-6-15-4)12-10-9(11)8(2)13-14(10)3/h7,12H,5-6,11H2,1-4H3. The number of aromatic nitrogens is 2. The molecule has 0 aliphatic carbocycles. The second-order valence-corrected chi connectivity index (χ2v) is 3.80. The quantitative estimate of drug-likeness (QED) is 0.768. The van der Waals surface area contributed by atoms with Gasteiger partial charge in [-0.05, 0) is 20.3 Å². The molecule has 0 bridgehead atoms.